The minimum absolute atomic E-state index is 0.0202. The van der Waals surface area contributed by atoms with E-state index in [9.17, 15) is 18.0 Å². The van der Waals surface area contributed by atoms with Crippen molar-refractivity contribution in [2.75, 3.05) is 11.6 Å². The molecule has 26 heavy (non-hydrogen) atoms. The first-order valence-electron chi connectivity index (χ1n) is 7.97. The Morgan fingerprint density at radius 3 is 2.23 bits per heavy atom. The van der Waals surface area contributed by atoms with Crippen molar-refractivity contribution < 1.29 is 22.7 Å². The average Bonchev–Trinajstić information content (AvgIpc) is 2.56. The van der Waals surface area contributed by atoms with E-state index in [-0.39, 0.29) is 10.5 Å². The SMILES string of the molecule is Cc1ccc(NC(=O)[C@H](C)OC(=O)c2cc(S(C)(=O)=O)ccc2C)cc1. The van der Waals surface area contributed by atoms with E-state index in [0.29, 0.717) is 11.3 Å². The Kier molecular flexibility index (Phi) is 5.82. The third-order valence-electron chi connectivity index (χ3n) is 3.83. The lowest BCUT2D eigenvalue weighted by atomic mass is 10.1. The molecule has 0 bridgehead atoms. The molecule has 0 heterocycles. The molecule has 1 atom stereocenters. The largest absolute Gasteiger partial charge is 0.449 e. The van der Waals surface area contributed by atoms with Crippen LogP contribution in [0, 0.1) is 13.8 Å². The molecule has 0 aliphatic rings. The summed E-state index contributed by atoms with van der Waals surface area (Å²) >= 11 is 0. The van der Waals surface area contributed by atoms with E-state index in [0.717, 1.165) is 11.8 Å². The van der Waals surface area contributed by atoms with Crippen molar-refractivity contribution in [2.24, 2.45) is 0 Å². The molecular weight excluding hydrogens is 354 g/mol. The Morgan fingerprint density at radius 1 is 1.04 bits per heavy atom. The number of hydrogen-bond acceptors (Lipinski definition) is 5. The van der Waals surface area contributed by atoms with E-state index in [1.165, 1.54) is 25.1 Å². The molecule has 7 heteroatoms. The number of amides is 1. The van der Waals surface area contributed by atoms with Crippen LogP contribution >= 0.6 is 0 Å². The number of hydrogen-bond donors (Lipinski definition) is 1. The molecule has 0 aromatic heterocycles. The van der Waals surface area contributed by atoms with Gasteiger partial charge < -0.3 is 10.1 Å². The molecule has 0 radical (unpaired) electrons. The molecule has 2 aromatic rings. The summed E-state index contributed by atoms with van der Waals surface area (Å²) < 4.78 is 28.5. The fourth-order valence-corrected chi connectivity index (χ4v) is 2.86. The smallest absolute Gasteiger partial charge is 0.339 e. The minimum atomic E-state index is -3.45. The van der Waals surface area contributed by atoms with Crippen molar-refractivity contribution >= 4 is 27.4 Å². The molecule has 0 saturated carbocycles. The third kappa shape index (κ3) is 4.92. The summed E-state index contributed by atoms with van der Waals surface area (Å²) in [6.07, 6.45) is 0.0230. The van der Waals surface area contributed by atoms with Crippen LogP contribution in [0.15, 0.2) is 47.4 Å². The summed E-state index contributed by atoms with van der Waals surface area (Å²) in [5, 5.41) is 2.66. The van der Waals surface area contributed by atoms with Gasteiger partial charge in [0.15, 0.2) is 15.9 Å². The summed E-state index contributed by atoms with van der Waals surface area (Å²) in [6.45, 7) is 5.06. The summed E-state index contributed by atoms with van der Waals surface area (Å²) in [5.41, 5.74) is 2.33. The molecule has 6 nitrogen and oxygen atoms in total. The Bertz CT molecular complexity index is 933. The summed E-state index contributed by atoms with van der Waals surface area (Å²) in [5.74, 6) is -1.22. The van der Waals surface area contributed by atoms with Gasteiger partial charge in [0.25, 0.3) is 5.91 Å². The molecule has 0 unspecified atom stereocenters. The van der Waals surface area contributed by atoms with Gasteiger partial charge >= 0.3 is 5.97 Å². The zero-order chi connectivity index (χ0) is 19.5. The second-order valence-electron chi connectivity index (χ2n) is 6.15. The zero-order valence-corrected chi connectivity index (χ0v) is 15.9. The van der Waals surface area contributed by atoms with E-state index in [2.05, 4.69) is 5.32 Å². The number of aryl methyl sites for hydroxylation is 2. The van der Waals surface area contributed by atoms with Gasteiger partial charge in [0.05, 0.1) is 10.5 Å². The van der Waals surface area contributed by atoms with Gasteiger partial charge in [0.2, 0.25) is 0 Å². The van der Waals surface area contributed by atoms with Crippen LogP contribution in [0.3, 0.4) is 0 Å². The first-order chi connectivity index (χ1) is 12.1. The zero-order valence-electron chi connectivity index (χ0n) is 15.1. The minimum Gasteiger partial charge on any atom is -0.449 e. The number of esters is 1. The van der Waals surface area contributed by atoms with Crippen LogP contribution in [0.5, 0.6) is 0 Å². The second kappa shape index (κ2) is 7.70. The van der Waals surface area contributed by atoms with Crippen molar-refractivity contribution in [3.63, 3.8) is 0 Å². The van der Waals surface area contributed by atoms with Gasteiger partial charge in [-0.2, -0.15) is 0 Å². The number of nitrogens with one attached hydrogen (secondary N) is 1. The highest BCUT2D eigenvalue weighted by Gasteiger charge is 2.21. The summed E-state index contributed by atoms with van der Waals surface area (Å²) in [4.78, 5) is 24.6. The van der Waals surface area contributed by atoms with Crippen molar-refractivity contribution in [1.29, 1.82) is 0 Å². The monoisotopic (exact) mass is 375 g/mol. The predicted octanol–water partition coefficient (Wildman–Crippen LogP) is 2.89. The van der Waals surface area contributed by atoms with Crippen molar-refractivity contribution in [1.82, 2.24) is 0 Å². The number of carbonyl (C=O) groups is 2. The topological polar surface area (TPSA) is 89.5 Å². The number of sulfone groups is 1. The van der Waals surface area contributed by atoms with Crippen molar-refractivity contribution in [3.05, 3.63) is 59.2 Å². The van der Waals surface area contributed by atoms with E-state index >= 15 is 0 Å². The maximum atomic E-state index is 12.4. The van der Waals surface area contributed by atoms with Crippen molar-refractivity contribution in [2.45, 2.75) is 31.8 Å². The van der Waals surface area contributed by atoms with Gasteiger partial charge in [-0.25, -0.2) is 13.2 Å². The number of benzene rings is 2. The predicted molar refractivity (Wildman–Crippen MR) is 99.0 cm³/mol. The number of rotatable bonds is 5. The lowest BCUT2D eigenvalue weighted by Gasteiger charge is -2.15. The lowest BCUT2D eigenvalue weighted by molar-refractivity contribution is -0.123. The summed E-state index contributed by atoms with van der Waals surface area (Å²) in [6, 6.07) is 11.4. The van der Waals surface area contributed by atoms with Gasteiger partial charge in [0.1, 0.15) is 0 Å². The highest BCUT2D eigenvalue weighted by Crippen LogP contribution is 2.17. The molecule has 0 aliphatic carbocycles. The lowest BCUT2D eigenvalue weighted by Crippen LogP contribution is -2.30. The molecule has 1 N–H and O–H groups in total. The molecule has 0 spiro atoms. The van der Waals surface area contributed by atoms with E-state index in [1.807, 2.05) is 19.1 Å². The van der Waals surface area contributed by atoms with Crippen LogP contribution in [0.1, 0.15) is 28.4 Å². The Labute approximate surface area is 153 Å². The molecule has 0 fully saturated rings. The standard InChI is InChI=1S/C19H21NO5S/c1-12-5-8-15(9-6-12)20-18(21)14(3)25-19(22)17-11-16(26(4,23)24)10-7-13(17)2/h5-11,14H,1-4H3,(H,20,21)/t14-/m0/s1. The fraction of sp³-hybridized carbons (Fsp3) is 0.263. The quantitative estimate of drug-likeness (QED) is 0.812. The Hall–Kier alpha value is -2.67. The highest BCUT2D eigenvalue weighted by atomic mass is 32.2. The first-order valence-corrected chi connectivity index (χ1v) is 9.86. The second-order valence-corrected chi connectivity index (χ2v) is 8.17. The molecule has 0 aliphatic heterocycles. The third-order valence-corrected chi connectivity index (χ3v) is 4.94. The fourth-order valence-electron chi connectivity index (χ4n) is 2.21. The summed E-state index contributed by atoms with van der Waals surface area (Å²) in [7, 11) is -3.45. The van der Waals surface area contributed by atoms with Crippen LogP contribution in [0.4, 0.5) is 5.69 Å². The van der Waals surface area contributed by atoms with Crippen LogP contribution < -0.4 is 5.32 Å². The van der Waals surface area contributed by atoms with Crippen LogP contribution in [0.2, 0.25) is 0 Å². The van der Waals surface area contributed by atoms with Gasteiger partial charge in [0, 0.05) is 11.9 Å². The Balaban J connectivity index is 2.11. The first kappa shape index (κ1) is 19.7. The highest BCUT2D eigenvalue weighted by molar-refractivity contribution is 7.90. The molecule has 2 aromatic carbocycles. The van der Waals surface area contributed by atoms with E-state index in [4.69, 9.17) is 4.74 Å². The molecule has 1 amide bonds. The maximum Gasteiger partial charge on any atom is 0.339 e. The molecule has 138 valence electrons. The number of ether oxygens (including phenoxy) is 1. The van der Waals surface area contributed by atoms with Crippen LogP contribution in [0.25, 0.3) is 0 Å². The number of carbonyl (C=O) groups excluding carboxylic acids is 2. The van der Waals surface area contributed by atoms with Crippen LogP contribution in [-0.4, -0.2) is 32.7 Å². The van der Waals surface area contributed by atoms with E-state index < -0.39 is 27.8 Å². The number of anilines is 1. The molecule has 0 saturated heterocycles. The van der Waals surface area contributed by atoms with Crippen molar-refractivity contribution in [3.8, 4) is 0 Å². The van der Waals surface area contributed by atoms with Gasteiger partial charge in [-0.15, -0.1) is 0 Å². The normalized spacial score (nSPS) is 12.3. The average molecular weight is 375 g/mol. The molecular formula is C19H21NO5S. The Morgan fingerprint density at radius 2 is 1.65 bits per heavy atom. The van der Waals surface area contributed by atoms with Gasteiger partial charge in [-0.05, 0) is 50.6 Å². The van der Waals surface area contributed by atoms with Crippen LogP contribution in [-0.2, 0) is 19.4 Å². The molecule has 2 rings (SSSR count). The van der Waals surface area contributed by atoms with E-state index in [1.54, 1.807) is 19.1 Å². The maximum absolute atomic E-state index is 12.4. The van der Waals surface area contributed by atoms with Gasteiger partial charge in [-0.1, -0.05) is 23.8 Å². The van der Waals surface area contributed by atoms with Gasteiger partial charge in [-0.3, -0.25) is 4.79 Å².